The molecule has 0 radical (unpaired) electrons. The number of nitrogens with one attached hydrogen (secondary N) is 1. The Morgan fingerprint density at radius 3 is 2.83 bits per heavy atom. The van der Waals surface area contributed by atoms with Crippen LogP contribution in [0, 0.1) is 0 Å². The summed E-state index contributed by atoms with van der Waals surface area (Å²) >= 11 is 0. The molecule has 0 aromatic heterocycles. The quantitative estimate of drug-likeness (QED) is 0.562. The van der Waals surface area contributed by atoms with Gasteiger partial charge in [0.15, 0.2) is 0 Å². The maximum Gasteiger partial charge on any atom is 0.312 e. The number of carbonyl (C=O) groups is 1. The van der Waals surface area contributed by atoms with E-state index in [1.807, 2.05) is 7.05 Å². The number of hydrogen-bond donors (Lipinski definition) is 2. The average Bonchev–Trinajstić information content (AvgIpc) is 2.29. The van der Waals surface area contributed by atoms with Crippen molar-refractivity contribution in [3.8, 4) is 0 Å². The lowest BCUT2D eigenvalue weighted by atomic mass is 10.2. The number of rotatable bonds is 2. The van der Waals surface area contributed by atoms with Gasteiger partial charge >= 0.3 is 6.03 Å². The van der Waals surface area contributed by atoms with Crippen molar-refractivity contribution in [2.75, 3.05) is 27.2 Å². The molecule has 0 aliphatic carbocycles. The Bertz CT molecular complexity index is 174. The van der Waals surface area contributed by atoms with Crippen LogP contribution in [-0.2, 0) is 4.74 Å². The number of nitrogens with zero attached hydrogens (tertiary/aromatic N) is 1. The van der Waals surface area contributed by atoms with E-state index < -0.39 is 6.03 Å². The minimum atomic E-state index is -0.489. The van der Waals surface area contributed by atoms with E-state index in [0.29, 0.717) is 0 Å². The molecule has 12 heavy (non-hydrogen) atoms. The molecule has 1 heterocycles. The van der Waals surface area contributed by atoms with Gasteiger partial charge in [0.1, 0.15) is 0 Å². The number of hydrogen-bond acceptors (Lipinski definition) is 3. The van der Waals surface area contributed by atoms with E-state index in [1.165, 1.54) is 0 Å². The molecule has 1 fully saturated rings. The third-order valence-electron chi connectivity index (χ3n) is 2.08. The van der Waals surface area contributed by atoms with Crippen molar-refractivity contribution in [3.63, 3.8) is 0 Å². The highest BCUT2D eigenvalue weighted by Crippen LogP contribution is 2.10. The molecular formula is C7H15N3O2. The molecule has 0 spiro atoms. The van der Waals surface area contributed by atoms with Crippen molar-refractivity contribution in [1.82, 2.24) is 10.2 Å². The first kappa shape index (κ1) is 9.28. The van der Waals surface area contributed by atoms with Crippen molar-refractivity contribution in [2.45, 2.75) is 12.1 Å². The number of nitrogens with two attached hydrogens (primary N) is 1. The zero-order chi connectivity index (χ0) is 9.14. The smallest absolute Gasteiger partial charge is 0.312 e. The molecule has 2 amide bonds. The molecule has 5 heteroatoms. The molecule has 1 rings (SSSR count). The standard InChI is InChI=1S/C7H15N3O2/c1-10-3-5(9-7(8)11)6(4-10)12-2/h5-6H,3-4H2,1-2H3,(H3,8,9,11)/t5-,6-/m0/s1. The van der Waals surface area contributed by atoms with E-state index >= 15 is 0 Å². The lowest BCUT2D eigenvalue weighted by Crippen LogP contribution is -2.45. The lowest BCUT2D eigenvalue weighted by molar-refractivity contribution is 0.0938. The predicted molar refractivity (Wildman–Crippen MR) is 44.8 cm³/mol. The molecule has 0 aromatic rings. The average molecular weight is 173 g/mol. The zero-order valence-corrected chi connectivity index (χ0v) is 7.41. The third kappa shape index (κ3) is 2.09. The van der Waals surface area contributed by atoms with E-state index in [-0.39, 0.29) is 12.1 Å². The van der Waals surface area contributed by atoms with E-state index in [1.54, 1.807) is 7.11 Å². The van der Waals surface area contributed by atoms with Crippen LogP contribution in [0.25, 0.3) is 0 Å². The molecule has 0 bridgehead atoms. The number of carbonyl (C=O) groups excluding carboxylic acids is 1. The highest BCUT2D eigenvalue weighted by atomic mass is 16.5. The highest BCUT2D eigenvalue weighted by Gasteiger charge is 2.31. The van der Waals surface area contributed by atoms with Gasteiger partial charge in [-0.2, -0.15) is 0 Å². The topological polar surface area (TPSA) is 67.6 Å². The Morgan fingerprint density at radius 2 is 2.33 bits per heavy atom. The van der Waals surface area contributed by atoms with Gasteiger partial charge in [0.05, 0.1) is 12.1 Å². The van der Waals surface area contributed by atoms with E-state index in [2.05, 4.69) is 10.2 Å². The Kier molecular flexibility index (Phi) is 2.88. The van der Waals surface area contributed by atoms with Gasteiger partial charge < -0.3 is 20.7 Å². The number of likely N-dealkylation sites (N-methyl/N-ethyl adjacent to an activating group) is 1. The van der Waals surface area contributed by atoms with Crippen molar-refractivity contribution < 1.29 is 9.53 Å². The number of methoxy groups -OCH3 is 1. The van der Waals surface area contributed by atoms with Crippen LogP contribution in [0.4, 0.5) is 4.79 Å². The van der Waals surface area contributed by atoms with E-state index in [4.69, 9.17) is 10.5 Å². The monoisotopic (exact) mass is 173 g/mol. The molecular weight excluding hydrogens is 158 g/mol. The van der Waals surface area contributed by atoms with Crippen LogP contribution in [0.5, 0.6) is 0 Å². The molecule has 1 aliphatic rings. The molecule has 1 saturated heterocycles. The Labute approximate surface area is 71.8 Å². The van der Waals surface area contributed by atoms with Crippen LogP contribution in [-0.4, -0.2) is 50.3 Å². The summed E-state index contributed by atoms with van der Waals surface area (Å²) in [5.74, 6) is 0. The van der Waals surface area contributed by atoms with Crippen LogP contribution in [0.15, 0.2) is 0 Å². The minimum absolute atomic E-state index is 0.0255. The summed E-state index contributed by atoms with van der Waals surface area (Å²) in [5, 5.41) is 2.65. The number of amides is 2. The first-order valence-corrected chi connectivity index (χ1v) is 3.90. The number of urea groups is 1. The summed E-state index contributed by atoms with van der Waals surface area (Å²) in [5.41, 5.74) is 5.01. The molecule has 3 N–H and O–H groups in total. The van der Waals surface area contributed by atoms with Crippen molar-refractivity contribution in [2.24, 2.45) is 5.73 Å². The first-order chi connectivity index (χ1) is 5.63. The van der Waals surface area contributed by atoms with Gasteiger partial charge in [-0.15, -0.1) is 0 Å². The maximum atomic E-state index is 10.6. The Balaban J connectivity index is 2.46. The van der Waals surface area contributed by atoms with Gasteiger partial charge in [-0.1, -0.05) is 0 Å². The molecule has 5 nitrogen and oxygen atoms in total. The molecule has 0 saturated carbocycles. The van der Waals surface area contributed by atoms with Gasteiger partial charge in [-0.25, -0.2) is 4.79 Å². The summed E-state index contributed by atoms with van der Waals surface area (Å²) < 4.78 is 5.18. The second-order valence-corrected chi connectivity index (χ2v) is 3.11. The minimum Gasteiger partial charge on any atom is -0.378 e. The lowest BCUT2D eigenvalue weighted by Gasteiger charge is -2.16. The van der Waals surface area contributed by atoms with Crippen LogP contribution in [0.3, 0.4) is 0 Å². The number of likely N-dealkylation sites (tertiary alicyclic amines) is 1. The third-order valence-corrected chi connectivity index (χ3v) is 2.08. The van der Waals surface area contributed by atoms with Gasteiger partial charge in [0.2, 0.25) is 0 Å². The summed E-state index contributed by atoms with van der Waals surface area (Å²) in [6.45, 7) is 1.63. The SMILES string of the molecule is CO[C@H]1CN(C)C[C@@H]1NC(N)=O. The van der Waals surface area contributed by atoms with Crippen molar-refractivity contribution in [3.05, 3.63) is 0 Å². The van der Waals surface area contributed by atoms with Gasteiger partial charge in [0, 0.05) is 20.2 Å². The fourth-order valence-corrected chi connectivity index (χ4v) is 1.52. The molecule has 2 atom stereocenters. The second kappa shape index (κ2) is 3.73. The molecule has 1 aliphatic heterocycles. The second-order valence-electron chi connectivity index (χ2n) is 3.11. The maximum absolute atomic E-state index is 10.6. The number of ether oxygens (including phenoxy) is 1. The predicted octanol–water partition coefficient (Wildman–Crippen LogP) is -1.02. The summed E-state index contributed by atoms with van der Waals surface area (Å²) in [4.78, 5) is 12.7. The molecule has 70 valence electrons. The van der Waals surface area contributed by atoms with Crippen LogP contribution in [0.2, 0.25) is 0 Å². The van der Waals surface area contributed by atoms with Gasteiger partial charge in [-0.3, -0.25) is 0 Å². The van der Waals surface area contributed by atoms with E-state index in [9.17, 15) is 4.79 Å². The normalized spacial score (nSPS) is 30.5. The largest absolute Gasteiger partial charge is 0.378 e. The van der Waals surface area contributed by atoms with Crippen molar-refractivity contribution >= 4 is 6.03 Å². The fraction of sp³-hybridized carbons (Fsp3) is 0.857. The Morgan fingerprint density at radius 1 is 1.67 bits per heavy atom. The van der Waals surface area contributed by atoms with Crippen LogP contribution < -0.4 is 11.1 Å². The summed E-state index contributed by atoms with van der Waals surface area (Å²) in [7, 11) is 3.62. The van der Waals surface area contributed by atoms with Crippen molar-refractivity contribution in [1.29, 1.82) is 0 Å². The number of primary amides is 1. The van der Waals surface area contributed by atoms with Gasteiger partial charge in [-0.05, 0) is 7.05 Å². The van der Waals surface area contributed by atoms with Crippen LogP contribution in [0.1, 0.15) is 0 Å². The molecule has 0 aromatic carbocycles. The molecule has 0 unspecified atom stereocenters. The zero-order valence-electron chi connectivity index (χ0n) is 7.41. The summed E-state index contributed by atoms with van der Waals surface area (Å²) in [6, 6.07) is -0.463. The first-order valence-electron chi connectivity index (χ1n) is 3.90. The van der Waals surface area contributed by atoms with E-state index in [0.717, 1.165) is 13.1 Å². The Hall–Kier alpha value is -0.810. The van der Waals surface area contributed by atoms with Gasteiger partial charge in [0.25, 0.3) is 0 Å². The highest BCUT2D eigenvalue weighted by molar-refractivity contribution is 5.72. The summed E-state index contributed by atoms with van der Waals surface area (Å²) in [6.07, 6.45) is 0.0579. The van der Waals surface area contributed by atoms with Crippen LogP contribution >= 0.6 is 0 Å². The fourth-order valence-electron chi connectivity index (χ4n) is 1.52.